The minimum absolute atomic E-state index is 0.448. The van der Waals surface area contributed by atoms with E-state index in [1.54, 1.807) is 13.2 Å². The number of nitrogens with zero attached hydrogens (tertiary/aromatic N) is 1. The second-order valence-corrected chi connectivity index (χ2v) is 6.17. The summed E-state index contributed by atoms with van der Waals surface area (Å²) in [4.78, 5) is 0. The van der Waals surface area contributed by atoms with Crippen LogP contribution in [0.5, 0.6) is 11.5 Å². The Labute approximate surface area is 146 Å². The molecule has 0 N–H and O–H groups in total. The van der Waals surface area contributed by atoms with Gasteiger partial charge >= 0.3 is 0 Å². The summed E-state index contributed by atoms with van der Waals surface area (Å²) in [5.74, 6) is 1.27. The fraction of sp³-hybridized carbons (Fsp3) is 0.118. The number of hydrogen-bond acceptors (Lipinski definition) is 3. The van der Waals surface area contributed by atoms with Crippen molar-refractivity contribution < 1.29 is 9.47 Å². The molecule has 0 unspecified atom stereocenters. The van der Waals surface area contributed by atoms with E-state index < -0.39 is 0 Å². The first kappa shape index (κ1) is 16.6. The Morgan fingerprint density at radius 2 is 1.86 bits per heavy atom. The van der Waals surface area contributed by atoms with E-state index in [2.05, 4.69) is 31.9 Å². The lowest BCUT2D eigenvalue weighted by molar-refractivity contribution is 0.284. The Morgan fingerprint density at radius 3 is 2.50 bits per heavy atom. The van der Waals surface area contributed by atoms with Crippen LogP contribution in [0.1, 0.15) is 11.1 Å². The molecule has 0 aromatic heterocycles. The molecule has 0 saturated heterocycles. The molecule has 2 aromatic carbocycles. The molecule has 0 fully saturated rings. The molecule has 0 spiro atoms. The summed E-state index contributed by atoms with van der Waals surface area (Å²) in [6.07, 6.45) is 3.13. The van der Waals surface area contributed by atoms with E-state index >= 15 is 0 Å². The number of hydrogen-bond donors (Lipinski definition) is 0. The van der Waals surface area contributed by atoms with Gasteiger partial charge in [-0.05, 0) is 41.5 Å². The number of nitriles is 1. The topological polar surface area (TPSA) is 42.2 Å². The summed E-state index contributed by atoms with van der Waals surface area (Å²) < 4.78 is 13.1. The third-order valence-electron chi connectivity index (χ3n) is 2.93. The molecule has 0 aliphatic rings. The quantitative estimate of drug-likeness (QED) is 0.611. The molecule has 112 valence electrons. The van der Waals surface area contributed by atoms with Gasteiger partial charge in [0.1, 0.15) is 6.61 Å². The molecule has 22 heavy (non-hydrogen) atoms. The molecule has 0 aliphatic heterocycles. The Morgan fingerprint density at radius 1 is 1.14 bits per heavy atom. The molecule has 0 saturated carbocycles. The van der Waals surface area contributed by atoms with Crippen LogP contribution in [0.4, 0.5) is 0 Å². The van der Waals surface area contributed by atoms with Crippen molar-refractivity contribution in [1.29, 1.82) is 5.26 Å². The molecule has 0 amide bonds. The van der Waals surface area contributed by atoms with Crippen molar-refractivity contribution in [2.24, 2.45) is 0 Å². The molecule has 0 radical (unpaired) electrons. The van der Waals surface area contributed by atoms with Crippen molar-refractivity contribution in [2.45, 2.75) is 6.61 Å². The monoisotopic (exact) mass is 421 g/mol. The van der Waals surface area contributed by atoms with Gasteiger partial charge in [0, 0.05) is 15.0 Å². The van der Waals surface area contributed by atoms with E-state index in [1.165, 1.54) is 6.08 Å². The van der Waals surface area contributed by atoms with E-state index in [1.807, 2.05) is 42.5 Å². The van der Waals surface area contributed by atoms with Gasteiger partial charge in [-0.2, -0.15) is 5.26 Å². The minimum atomic E-state index is 0.448. The normalized spacial score (nSPS) is 10.5. The Kier molecular flexibility index (Phi) is 6.05. The van der Waals surface area contributed by atoms with E-state index in [-0.39, 0.29) is 0 Å². The van der Waals surface area contributed by atoms with Gasteiger partial charge in [-0.3, -0.25) is 0 Å². The van der Waals surface area contributed by atoms with Crippen molar-refractivity contribution >= 4 is 37.9 Å². The summed E-state index contributed by atoms with van der Waals surface area (Å²) in [7, 11) is 1.59. The van der Waals surface area contributed by atoms with E-state index in [0.29, 0.717) is 18.1 Å². The van der Waals surface area contributed by atoms with E-state index in [0.717, 1.165) is 20.1 Å². The van der Waals surface area contributed by atoms with Crippen LogP contribution >= 0.6 is 31.9 Å². The van der Waals surface area contributed by atoms with E-state index in [4.69, 9.17) is 14.7 Å². The number of halogens is 2. The Balaban J connectivity index is 2.20. The van der Waals surface area contributed by atoms with Gasteiger partial charge in [-0.1, -0.05) is 44.0 Å². The van der Waals surface area contributed by atoms with Crippen LogP contribution in [-0.4, -0.2) is 7.11 Å². The molecular weight excluding hydrogens is 410 g/mol. The highest BCUT2D eigenvalue weighted by Crippen LogP contribution is 2.34. The number of methoxy groups -OCH3 is 1. The number of rotatable bonds is 5. The van der Waals surface area contributed by atoms with Gasteiger partial charge < -0.3 is 9.47 Å². The fourth-order valence-corrected chi connectivity index (χ4v) is 2.54. The van der Waals surface area contributed by atoms with Crippen LogP contribution in [0.25, 0.3) is 6.08 Å². The fourth-order valence-electron chi connectivity index (χ4n) is 1.82. The standard InChI is InChI=1S/C17H13Br2NO2/c1-21-16-9-13(3-2-8-20)15(19)10-17(16)22-11-12-4-6-14(18)7-5-12/h2-7,9-10H,11H2,1H3/b3-2+. The zero-order chi connectivity index (χ0) is 15.9. The predicted octanol–water partition coefficient (Wildman–Crippen LogP) is 5.34. The average Bonchev–Trinajstić information content (AvgIpc) is 2.53. The third kappa shape index (κ3) is 4.36. The average molecular weight is 423 g/mol. The minimum Gasteiger partial charge on any atom is -0.493 e. The second-order valence-electron chi connectivity index (χ2n) is 4.40. The summed E-state index contributed by atoms with van der Waals surface area (Å²) in [6.45, 7) is 0.448. The van der Waals surface area contributed by atoms with Gasteiger partial charge in [0.05, 0.1) is 13.2 Å². The van der Waals surface area contributed by atoms with Gasteiger partial charge in [-0.15, -0.1) is 0 Å². The van der Waals surface area contributed by atoms with Crippen LogP contribution in [0, 0.1) is 11.3 Å². The lowest BCUT2D eigenvalue weighted by Gasteiger charge is -2.13. The lowest BCUT2D eigenvalue weighted by Crippen LogP contribution is -1.98. The Hall–Kier alpha value is -1.77. The van der Waals surface area contributed by atoms with Gasteiger partial charge in [-0.25, -0.2) is 0 Å². The molecule has 0 bridgehead atoms. The predicted molar refractivity (Wildman–Crippen MR) is 93.8 cm³/mol. The first-order valence-electron chi connectivity index (χ1n) is 6.45. The van der Waals surface area contributed by atoms with Crippen LogP contribution in [0.3, 0.4) is 0 Å². The second kappa shape index (κ2) is 8.02. The summed E-state index contributed by atoms with van der Waals surface area (Å²) in [6, 6.07) is 13.6. The zero-order valence-electron chi connectivity index (χ0n) is 11.8. The first-order chi connectivity index (χ1) is 10.6. The first-order valence-corrected chi connectivity index (χ1v) is 8.03. The molecule has 0 aliphatic carbocycles. The van der Waals surface area contributed by atoms with Crippen LogP contribution in [0.2, 0.25) is 0 Å². The summed E-state index contributed by atoms with van der Waals surface area (Å²) >= 11 is 6.88. The zero-order valence-corrected chi connectivity index (χ0v) is 15.0. The summed E-state index contributed by atoms with van der Waals surface area (Å²) in [5, 5.41) is 8.62. The van der Waals surface area contributed by atoms with Crippen molar-refractivity contribution in [3.05, 3.63) is 62.5 Å². The number of allylic oxidation sites excluding steroid dienone is 1. The van der Waals surface area contributed by atoms with Crippen molar-refractivity contribution in [1.82, 2.24) is 0 Å². The van der Waals surface area contributed by atoms with Crippen molar-refractivity contribution in [3.8, 4) is 17.6 Å². The SMILES string of the molecule is COc1cc(/C=C/C#N)c(Br)cc1OCc1ccc(Br)cc1. The Bertz CT molecular complexity index is 719. The van der Waals surface area contributed by atoms with Gasteiger partial charge in [0.2, 0.25) is 0 Å². The highest BCUT2D eigenvalue weighted by Gasteiger charge is 2.09. The molecular formula is C17H13Br2NO2. The van der Waals surface area contributed by atoms with Crippen LogP contribution < -0.4 is 9.47 Å². The third-order valence-corrected chi connectivity index (χ3v) is 4.14. The maximum absolute atomic E-state index is 8.62. The largest absolute Gasteiger partial charge is 0.493 e. The van der Waals surface area contributed by atoms with Crippen LogP contribution in [0.15, 0.2) is 51.4 Å². The maximum atomic E-state index is 8.62. The molecule has 0 heterocycles. The summed E-state index contributed by atoms with van der Waals surface area (Å²) in [5.41, 5.74) is 1.92. The van der Waals surface area contributed by atoms with Crippen molar-refractivity contribution in [2.75, 3.05) is 7.11 Å². The molecule has 2 aromatic rings. The smallest absolute Gasteiger partial charge is 0.162 e. The molecule has 0 atom stereocenters. The van der Waals surface area contributed by atoms with Gasteiger partial charge in [0.25, 0.3) is 0 Å². The van der Waals surface area contributed by atoms with Crippen LogP contribution in [-0.2, 0) is 6.61 Å². The number of ether oxygens (including phenoxy) is 2. The van der Waals surface area contributed by atoms with Gasteiger partial charge in [0.15, 0.2) is 11.5 Å². The molecule has 3 nitrogen and oxygen atoms in total. The highest BCUT2D eigenvalue weighted by molar-refractivity contribution is 9.10. The van der Waals surface area contributed by atoms with E-state index in [9.17, 15) is 0 Å². The molecule has 2 rings (SSSR count). The highest BCUT2D eigenvalue weighted by atomic mass is 79.9. The molecule has 5 heteroatoms. The maximum Gasteiger partial charge on any atom is 0.162 e. The lowest BCUT2D eigenvalue weighted by atomic mass is 10.2. The van der Waals surface area contributed by atoms with Crippen molar-refractivity contribution in [3.63, 3.8) is 0 Å². The number of benzene rings is 2.